The molecule has 0 bridgehead atoms. The van der Waals surface area contributed by atoms with Gasteiger partial charge >= 0.3 is 0 Å². The van der Waals surface area contributed by atoms with Crippen molar-refractivity contribution in [2.24, 2.45) is 5.73 Å². The van der Waals surface area contributed by atoms with Crippen LogP contribution < -0.4 is 5.73 Å². The van der Waals surface area contributed by atoms with Crippen molar-refractivity contribution >= 4 is 11.6 Å². The molecule has 0 radical (unpaired) electrons. The third-order valence-corrected chi connectivity index (χ3v) is 0.705. The van der Waals surface area contributed by atoms with Gasteiger partial charge in [0, 0.05) is 0 Å². The van der Waals surface area contributed by atoms with Crippen LogP contribution >= 0.6 is 0 Å². The molecule has 0 fully saturated rings. The van der Waals surface area contributed by atoms with Crippen LogP contribution in [0.2, 0.25) is 0 Å². The van der Waals surface area contributed by atoms with E-state index in [0.717, 1.165) is 6.20 Å². The highest BCUT2D eigenvalue weighted by molar-refractivity contribution is 6.03. The van der Waals surface area contributed by atoms with Crippen LogP contribution in [0.1, 0.15) is 13.3 Å². The monoisotopic (exact) mass is 127 g/mol. The highest BCUT2D eigenvalue weighted by atomic mass is 16.1. The van der Waals surface area contributed by atoms with E-state index < -0.39 is 0 Å². The first-order chi connectivity index (χ1) is 4.16. The summed E-state index contributed by atoms with van der Waals surface area (Å²) in [6, 6.07) is 0. The SMILES string of the molecule is CC(=O)CC(=O)/C=C/N. The third-order valence-electron chi connectivity index (χ3n) is 0.705. The summed E-state index contributed by atoms with van der Waals surface area (Å²) in [5.74, 6) is -0.386. The number of hydrogen-bond donors (Lipinski definition) is 1. The summed E-state index contributed by atoms with van der Waals surface area (Å²) in [5, 5.41) is 0. The van der Waals surface area contributed by atoms with Crippen LogP contribution in [0.25, 0.3) is 0 Å². The summed E-state index contributed by atoms with van der Waals surface area (Å²) >= 11 is 0. The first kappa shape index (κ1) is 7.88. The second-order valence-electron chi connectivity index (χ2n) is 1.70. The summed E-state index contributed by atoms with van der Waals surface area (Å²) in [7, 11) is 0. The number of Topliss-reactive ketones (excluding diaryl/α,β-unsaturated/α-hetero) is 1. The van der Waals surface area contributed by atoms with Crippen molar-refractivity contribution in [2.45, 2.75) is 13.3 Å². The smallest absolute Gasteiger partial charge is 0.164 e. The molecule has 0 aliphatic rings. The average molecular weight is 127 g/mol. The van der Waals surface area contributed by atoms with Gasteiger partial charge in [-0.05, 0) is 19.2 Å². The van der Waals surface area contributed by atoms with Gasteiger partial charge in [0.1, 0.15) is 5.78 Å². The van der Waals surface area contributed by atoms with Gasteiger partial charge in [-0.15, -0.1) is 0 Å². The summed E-state index contributed by atoms with van der Waals surface area (Å²) in [5.41, 5.74) is 4.89. The first-order valence-electron chi connectivity index (χ1n) is 2.57. The quantitative estimate of drug-likeness (QED) is 0.429. The molecule has 0 aromatic heterocycles. The van der Waals surface area contributed by atoms with Crippen molar-refractivity contribution in [1.82, 2.24) is 0 Å². The van der Waals surface area contributed by atoms with Gasteiger partial charge in [0.25, 0.3) is 0 Å². The van der Waals surface area contributed by atoms with Crippen LogP contribution in [0.5, 0.6) is 0 Å². The Morgan fingerprint density at radius 2 is 2.11 bits per heavy atom. The minimum Gasteiger partial charge on any atom is -0.404 e. The fourth-order valence-corrected chi connectivity index (χ4v) is 0.412. The van der Waals surface area contributed by atoms with Gasteiger partial charge in [-0.2, -0.15) is 0 Å². The molecule has 0 saturated heterocycles. The maximum Gasteiger partial charge on any atom is 0.164 e. The molecular weight excluding hydrogens is 118 g/mol. The number of carbonyl (C=O) groups excluding carboxylic acids is 2. The number of nitrogens with two attached hydrogens (primary N) is 1. The van der Waals surface area contributed by atoms with Crippen molar-refractivity contribution in [3.63, 3.8) is 0 Å². The van der Waals surface area contributed by atoms with E-state index in [2.05, 4.69) is 0 Å². The van der Waals surface area contributed by atoms with Gasteiger partial charge in [-0.3, -0.25) is 9.59 Å². The van der Waals surface area contributed by atoms with Crippen LogP contribution in [0, 0.1) is 0 Å². The number of allylic oxidation sites excluding steroid dienone is 1. The molecule has 0 aromatic carbocycles. The number of rotatable bonds is 3. The lowest BCUT2D eigenvalue weighted by atomic mass is 10.2. The number of ketones is 2. The van der Waals surface area contributed by atoms with Crippen LogP contribution in [-0.4, -0.2) is 11.6 Å². The zero-order valence-corrected chi connectivity index (χ0v) is 5.26. The summed E-state index contributed by atoms with van der Waals surface area (Å²) < 4.78 is 0. The molecule has 0 aliphatic heterocycles. The predicted octanol–water partition coefficient (Wildman–Crippen LogP) is 0.00700. The van der Waals surface area contributed by atoms with Gasteiger partial charge in [-0.25, -0.2) is 0 Å². The molecule has 0 unspecified atom stereocenters. The lowest BCUT2D eigenvalue weighted by Crippen LogP contribution is -2.00. The molecule has 0 spiro atoms. The Kier molecular flexibility index (Phi) is 3.35. The van der Waals surface area contributed by atoms with E-state index in [4.69, 9.17) is 5.73 Å². The Morgan fingerprint density at radius 3 is 2.44 bits per heavy atom. The van der Waals surface area contributed by atoms with Gasteiger partial charge in [0.05, 0.1) is 6.42 Å². The number of carbonyl (C=O) groups is 2. The minimum atomic E-state index is -0.245. The molecule has 2 N–H and O–H groups in total. The molecule has 9 heavy (non-hydrogen) atoms. The van der Waals surface area contributed by atoms with Crippen molar-refractivity contribution in [1.29, 1.82) is 0 Å². The molecule has 0 atom stereocenters. The molecule has 50 valence electrons. The summed E-state index contributed by atoms with van der Waals surface area (Å²) in [6.45, 7) is 1.36. The molecule has 3 nitrogen and oxygen atoms in total. The van der Waals surface area contributed by atoms with E-state index in [-0.39, 0.29) is 18.0 Å². The maximum atomic E-state index is 10.5. The zero-order valence-electron chi connectivity index (χ0n) is 5.26. The van der Waals surface area contributed by atoms with Gasteiger partial charge in [-0.1, -0.05) is 0 Å². The summed E-state index contributed by atoms with van der Waals surface area (Å²) in [6.07, 6.45) is 2.26. The van der Waals surface area contributed by atoms with Crippen molar-refractivity contribution in [3.8, 4) is 0 Å². The van der Waals surface area contributed by atoms with Crippen molar-refractivity contribution in [3.05, 3.63) is 12.3 Å². The van der Waals surface area contributed by atoms with Crippen LogP contribution in [0.3, 0.4) is 0 Å². The van der Waals surface area contributed by atoms with Gasteiger partial charge in [0.15, 0.2) is 5.78 Å². The fraction of sp³-hybridized carbons (Fsp3) is 0.333. The molecule has 3 heteroatoms. The Bertz CT molecular complexity index is 149. The average Bonchev–Trinajstić information content (AvgIpc) is 1.63. The second kappa shape index (κ2) is 3.83. The van der Waals surface area contributed by atoms with E-state index in [1.165, 1.54) is 13.0 Å². The van der Waals surface area contributed by atoms with E-state index in [0.29, 0.717) is 0 Å². The van der Waals surface area contributed by atoms with E-state index in [1.54, 1.807) is 0 Å². The molecule has 0 amide bonds. The van der Waals surface area contributed by atoms with E-state index >= 15 is 0 Å². The molecule has 0 aromatic rings. The normalized spacial score (nSPS) is 9.89. The van der Waals surface area contributed by atoms with Gasteiger partial charge < -0.3 is 5.73 Å². The Hall–Kier alpha value is -1.12. The highest BCUT2D eigenvalue weighted by Crippen LogP contribution is 1.84. The highest BCUT2D eigenvalue weighted by Gasteiger charge is 1.98. The third kappa shape index (κ3) is 4.74. The minimum absolute atomic E-state index is 0.0479. The predicted molar refractivity (Wildman–Crippen MR) is 33.6 cm³/mol. The summed E-state index contributed by atoms with van der Waals surface area (Å²) in [4.78, 5) is 20.7. The fourth-order valence-electron chi connectivity index (χ4n) is 0.412. The Labute approximate surface area is 53.5 Å². The molecule has 0 saturated carbocycles. The zero-order chi connectivity index (χ0) is 7.28. The lowest BCUT2D eigenvalue weighted by molar-refractivity contribution is -0.123. The molecular formula is C6H9NO2. The lowest BCUT2D eigenvalue weighted by Gasteiger charge is -1.85. The Morgan fingerprint density at radius 1 is 1.56 bits per heavy atom. The van der Waals surface area contributed by atoms with E-state index in [1.807, 2.05) is 0 Å². The molecule has 0 rings (SSSR count). The maximum absolute atomic E-state index is 10.5. The molecule has 0 heterocycles. The van der Waals surface area contributed by atoms with Gasteiger partial charge in [0.2, 0.25) is 0 Å². The largest absolute Gasteiger partial charge is 0.404 e. The standard InChI is InChI=1S/C6H9NO2/c1-5(8)4-6(9)2-3-7/h2-3H,4,7H2,1H3/b3-2+. The van der Waals surface area contributed by atoms with Crippen LogP contribution in [-0.2, 0) is 9.59 Å². The van der Waals surface area contributed by atoms with E-state index in [9.17, 15) is 9.59 Å². The molecule has 0 aliphatic carbocycles. The van der Waals surface area contributed by atoms with Crippen LogP contribution in [0.4, 0.5) is 0 Å². The first-order valence-corrected chi connectivity index (χ1v) is 2.57. The van der Waals surface area contributed by atoms with Crippen molar-refractivity contribution in [2.75, 3.05) is 0 Å². The van der Waals surface area contributed by atoms with Crippen molar-refractivity contribution < 1.29 is 9.59 Å². The van der Waals surface area contributed by atoms with Crippen LogP contribution in [0.15, 0.2) is 12.3 Å². The second-order valence-corrected chi connectivity index (χ2v) is 1.70. The number of hydrogen-bond acceptors (Lipinski definition) is 3. The Balaban J connectivity index is 3.64. The topological polar surface area (TPSA) is 60.2 Å².